The van der Waals surface area contributed by atoms with Gasteiger partial charge in [0.05, 0.1) is 22.1 Å². The van der Waals surface area contributed by atoms with Crippen molar-refractivity contribution in [1.29, 1.82) is 0 Å². The zero-order valence-electron chi connectivity index (χ0n) is 22.7. The molecular weight excluding hydrogens is 560 g/mol. The van der Waals surface area contributed by atoms with Crippen LogP contribution in [0.25, 0.3) is 0 Å². The minimum atomic E-state index is -4.14. The summed E-state index contributed by atoms with van der Waals surface area (Å²) in [5.74, 6) is -0.0417. The Labute approximate surface area is 243 Å². The monoisotopic (exact) mass is 586 g/mol. The summed E-state index contributed by atoms with van der Waals surface area (Å²) in [6.45, 7) is 6.15. The van der Waals surface area contributed by atoms with Crippen molar-refractivity contribution < 1.29 is 13.3 Å². The van der Waals surface area contributed by atoms with Gasteiger partial charge in [-0.3, -0.25) is 10.1 Å². The number of hydrogen-bond donors (Lipinski definition) is 0. The van der Waals surface area contributed by atoms with Crippen LogP contribution in [0.3, 0.4) is 0 Å². The van der Waals surface area contributed by atoms with Crippen LogP contribution in [0.1, 0.15) is 39.3 Å². The molecule has 0 spiro atoms. The number of nitro groups is 1. The fraction of sp³-hybridized carbons (Fsp3) is 0.161. The quantitative estimate of drug-likeness (QED) is 0.107. The molecule has 0 saturated carbocycles. The third-order valence-corrected chi connectivity index (χ3v) is 8.49. The van der Waals surface area contributed by atoms with E-state index in [0.29, 0.717) is 28.4 Å². The second-order valence-electron chi connectivity index (χ2n) is 9.95. The highest BCUT2D eigenvalue weighted by molar-refractivity contribution is 7.90. The van der Waals surface area contributed by atoms with Crippen LogP contribution < -0.4 is 0 Å². The van der Waals surface area contributed by atoms with Gasteiger partial charge in [0.1, 0.15) is 0 Å². The molecule has 1 aliphatic rings. The molecule has 5 rings (SSSR count). The summed E-state index contributed by atoms with van der Waals surface area (Å²) >= 11 is 6.00. The number of hydrogen-bond acceptors (Lipinski definition) is 5. The summed E-state index contributed by atoms with van der Waals surface area (Å²) in [5.41, 5.74) is 5.75. The standard InChI is InChI=1S/C31H27ClN4O4S/c1-20-17-21(2)29(22(3)18-20)31(34-41(39,40)27-15-11-25(32)12-16-27)35-19-28(23-7-5-4-6-8-23)30(33-35)24-9-13-26(14-10-24)36(37)38/h4-18,28H,19H2,1-3H3. The first kappa shape index (κ1) is 28.2. The van der Waals surface area contributed by atoms with Crippen molar-refractivity contribution in [3.8, 4) is 0 Å². The van der Waals surface area contributed by atoms with Crippen molar-refractivity contribution in [3.63, 3.8) is 0 Å². The van der Waals surface area contributed by atoms with E-state index in [9.17, 15) is 18.5 Å². The summed E-state index contributed by atoms with van der Waals surface area (Å²) in [5, 5.41) is 18.2. The SMILES string of the molecule is Cc1cc(C)c(C(=NS(=O)(=O)c2ccc(Cl)cc2)N2CC(c3ccccc3)C(c3ccc([N+](=O)[O-])cc3)=N2)c(C)c1. The van der Waals surface area contributed by atoms with Crippen molar-refractivity contribution in [2.24, 2.45) is 9.50 Å². The van der Waals surface area contributed by atoms with Crippen LogP contribution >= 0.6 is 11.6 Å². The van der Waals surface area contributed by atoms with Gasteiger partial charge in [-0.25, -0.2) is 5.01 Å². The van der Waals surface area contributed by atoms with Crippen LogP contribution in [0.5, 0.6) is 0 Å². The van der Waals surface area contributed by atoms with E-state index in [1.54, 1.807) is 17.1 Å². The first-order valence-corrected chi connectivity index (χ1v) is 14.7. The van der Waals surface area contributed by atoms with Crippen LogP contribution in [0, 0.1) is 30.9 Å². The fourth-order valence-corrected chi connectivity index (χ4v) is 6.25. The first-order valence-electron chi connectivity index (χ1n) is 12.9. The smallest absolute Gasteiger partial charge is 0.258 e. The van der Waals surface area contributed by atoms with Gasteiger partial charge in [-0.15, -0.1) is 4.40 Å². The van der Waals surface area contributed by atoms with Crippen LogP contribution in [0.4, 0.5) is 5.69 Å². The lowest BCUT2D eigenvalue weighted by molar-refractivity contribution is -0.384. The summed E-state index contributed by atoms with van der Waals surface area (Å²) in [4.78, 5) is 10.8. The van der Waals surface area contributed by atoms with Gasteiger partial charge in [0.2, 0.25) is 0 Å². The molecule has 10 heteroatoms. The Kier molecular flexibility index (Phi) is 7.75. The molecule has 0 bridgehead atoms. The predicted octanol–water partition coefficient (Wildman–Crippen LogP) is 6.81. The van der Waals surface area contributed by atoms with Crippen molar-refractivity contribution in [3.05, 3.63) is 140 Å². The molecule has 1 heterocycles. The lowest BCUT2D eigenvalue weighted by atomic mass is 9.90. The highest BCUT2D eigenvalue weighted by Gasteiger charge is 2.34. The van der Waals surface area contributed by atoms with Gasteiger partial charge >= 0.3 is 0 Å². The Morgan fingerprint density at radius 1 is 0.951 bits per heavy atom. The van der Waals surface area contributed by atoms with Crippen molar-refractivity contribution in [1.82, 2.24) is 5.01 Å². The number of nitrogens with zero attached hydrogens (tertiary/aromatic N) is 4. The molecule has 0 amide bonds. The van der Waals surface area contributed by atoms with E-state index in [0.717, 1.165) is 22.3 Å². The molecule has 1 aliphatic heterocycles. The van der Waals surface area contributed by atoms with E-state index in [1.807, 2.05) is 63.2 Å². The van der Waals surface area contributed by atoms with Crippen LogP contribution in [0.2, 0.25) is 5.02 Å². The highest BCUT2D eigenvalue weighted by Crippen LogP contribution is 2.32. The third-order valence-electron chi connectivity index (χ3n) is 6.95. The largest absolute Gasteiger partial charge is 0.284 e. The van der Waals surface area contributed by atoms with Gasteiger partial charge in [-0.2, -0.15) is 13.5 Å². The number of hydrazone groups is 1. The number of sulfonamides is 1. The third kappa shape index (κ3) is 5.91. The van der Waals surface area contributed by atoms with Crippen LogP contribution in [-0.4, -0.2) is 36.4 Å². The molecule has 0 saturated heterocycles. The lowest BCUT2D eigenvalue weighted by Gasteiger charge is -2.22. The number of halogens is 1. The second-order valence-corrected chi connectivity index (χ2v) is 12.0. The van der Waals surface area contributed by atoms with E-state index in [2.05, 4.69) is 4.40 Å². The first-order chi connectivity index (χ1) is 19.5. The molecule has 0 N–H and O–H groups in total. The van der Waals surface area contributed by atoms with E-state index in [4.69, 9.17) is 16.7 Å². The van der Waals surface area contributed by atoms with E-state index in [1.165, 1.54) is 36.4 Å². The summed E-state index contributed by atoms with van der Waals surface area (Å²) in [6, 6.07) is 25.8. The fourth-order valence-electron chi connectivity index (χ4n) is 5.12. The number of benzene rings is 4. The average molecular weight is 587 g/mol. The Hall–Kier alpha value is -4.34. The van der Waals surface area contributed by atoms with Gasteiger partial charge in [0.15, 0.2) is 5.84 Å². The Bertz CT molecular complexity index is 1760. The van der Waals surface area contributed by atoms with Crippen molar-refractivity contribution >= 4 is 38.9 Å². The van der Waals surface area contributed by atoms with E-state index < -0.39 is 14.9 Å². The molecular formula is C31H27ClN4O4S. The number of rotatable bonds is 6. The normalized spacial score (nSPS) is 15.6. The molecule has 41 heavy (non-hydrogen) atoms. The molecule has 8 nitrogen and oxygen atoms in total. The number of non-ortho nitro benzene ring substituents is 1. The van der Waals surface area contributed by atoms with E-state index in [-0.39, 0.29) is 22.3 Å². The summed E-state index contributed by atoms with van der Waals surface area (Å²) in [6.07, 6.45) is 0. The van der Waals surface area contributed by atoms with Crippen LogP contribution in [-0.2, 0) is 10.0 Å². The molecule has 4 aromatic carbocycles. The zero-order valence-corrected chi connectivity index (χ0v) is 24.2. The molecule has 0 aliphatic carbocycles. The zero-order chi connectivity index (χ0) is 29.3. The van der Waals surface area contributed by atoms with E-state index >= 15 is 0 Å². The summed E-state index contributed by atoms with van der Waals surface area (Å²) < 4.78 is 31.6. The average Bonchev–Trinajstić information content (AvgIpc) is 3.38. The maximum absolute atomic E-state index is 13.6. The predicted molar refractivity (Wildman–Crippen MR) is 161 cm³/mol. The van der Waals surface area contributed by atoms with Gasteiger partial charge in [-0.05, 0) is 79.4 Å². The number of amidine groups is 1. The van der Waals surface area contributed by atoms with Gasteiger partial charge in [0.25, 0.3) is 15.7 Å². The van der Waals surface area contributed by atoms with Crippen molar-refractivity contribution in [2.45, 2.75) is 31.6 Å². The molecule has 4 aromatic rings. The molecule has 208 valence electrons. The van der Waals surface area contributed by atoms with Crippen molar-refractivity contribution in [2.75, 3.05) is 6.54 Å². The highest BCUT2D eigenvalue weighted by atomic mass is 35.5. The Morgan fingerprint density at radius 2 is 1.56 bits per heavy atom. The minimum absolute atomic E-state index is 0.0141. The lowest BCUT2D eigenvalue weighted by Crippen LogP contribution is -2.29. The number of nitro benzene ring substituents is 1. The topological polar surface area (TPSA) is 105 Å². The molecule has 0 aromatic heterocycles. The van der Waals surface area contributed by atoms with Gasteiger partial charge in [-0.1, -0.05) is 59.6 Å². The van der Waals surface area contributed by atoms with Crippen LogP contribution in [0.15, 0.2) is 105 Å². The summed E-state index contributed by atoms with van der Waals surface area (Å²) in [7, 11) is -4.14. The Balaban J connectivity index is 1.70. The Morgan fingerprint density at radius 3 is 2.15 bits per heavy atom. The second kappa shape index (κ2) is 11.3. The maximum atomic E-state index is 13.6. The molecule has 0 radical (unpaired) electrons. The molecule has 1 unspecified atom stereocenters. The molecule has 1 atom stereocenters. The minimum Gasteiger partial charge on any atom is -0.258 e. The number of aryl methyl sites for hydroxylation is 3. The maximum Gasteiger partial charge on any atom is 0.284 e. The van der Waals surface area contributed by atoms with Gasteiger partial charge < -0.3 is 0 Å². The van der Waals surface area contributed by atoms with Gasteiger partial charge in [0, 0.05) is 28.6 Å². The molecule has 0 fully saturated rings.